The van der Waals surface area contributed by atoms with Crippen LogP contribution in [0.3, 0.4) is 0 Å². The Labute approximate surface area is 204 Å². The van der Waals surface area contributed by atoms with E-state index in [0.717, 1.165) is 22.3 Å². The van der Waals surface area contributed by atoms with Crippen molar-refractivity contribution in [1.82, 2.24) is 14.1 Å². The number of ether oxygens (including phenoxy) is 1. The van der Waals surface area contributed by atoms with E-state index in [9.17, 15) is 18.0 Å². The lowest BCUT2D eigenvalue weighted by Gasteiger charge is -2.38. The van der Waals surface area contributed by atoms with Crippen LogP contribution in [0.5, 0.6) is 0 Å². The summed E-state index contributed by atoms with van der Waals surface area (Å²) in [4.78, 5) is 29.2. The van der Waals surface area contributed by atoms with Gasteiger partial charge >= 0.3 is 6.09 Å². The summed E-state index contributed by atoms with van der Waals surface area (Å²) in [6.45, 7) is 15.6. The van der Waals surface area contributed by atoms with Gasteiger partial charge in [-0.2, -0.15) is 4.31 Å². The molecule has 2 aliphatic rings. The first-order chi connectivity index (χ1) is 15.7. The molecule has 34 heavy (non-hydrogen) atoms. The van der Waals surface area contributed by atoms with Crippen LogP contribution in [0.4, 0.5) is 4.79 Å². The first-order valence-corrected chi connectivity index (χ1v) is 13.5. The second kappa shape index (κ2) is 9.85. The van der Waals surface area contributed by atoms with Crippen LogP contribution in [0.1, 0.15) is 55.9 Å². The smallest absolute Gasteiger partial charge is 0.410 e. The van der Waals surface area contributed by atoms with Gasteiger partial charge < -0.3 is 14.5 Å². The summed E-state index contributed by atoms with van der Waals surface area (Å²) >= 11 is 0. The van der Waals surface area contributed by atoms with Gasteiger partial charge in [0.15, 0.2) is 0 Å². The van der Waals surface area contributed by atoms with Crippen molar-refractivity contribution >= 4 is 22.0 Å². The highest BCUT2D eigenvalue weighted by Gasteiger charge is 2.36. The lowest BCUT2D eigenvalue weighted by atomic mass is 9.96. The summed E-state index contributed by atoms with van der Waals surface area (Å²) in [6.07, 6.45) is 0.663. The van der Waals surface area contributed by atoms with E-state index in [0.29, 0.717) is 57.0 Å². The monoisotopic (exact) mass is 493 g/mol. The molecule has 2 amide bonds. The van der Waals surface area contributed by atoms with Crippen molar-refractivity contribution in [2.75, 3.05) is 39.3 Å². The summed E-state index contributed by atoms with van der Waals surface area (Å²) in [7, 11) is -3.62. The van der Waals surface area contributed by atoms with Gasteiger partial charge in [-0.1, -0.05) is 6.07 Å². The van der Waals surface area contributed by atoms with Gasteiger partial charge in [0.2, 0.25) is 15.9 Å². The minimum Gasteiger partial charge on any atom is -0.444 e. The molecule has 0 spiro atoms. The lowest BCUT2D eigenvalue weighted by Crippen LogP contribution is -2.53. The van der Waals surface area contributed by atoms with Gasteiger partial charge in [-0.25, -0.2) is 13.2 Å². The number of piperazine rings is 1. The summed E-state index contributed by atoms with van der Waals surface area (Å²) < 4.78 is 33.9. The van der Waals surface area contributed by atoms with Crippen LogP contribution in [-0.2, 0) is 19.6 Å². The number of carbonyl (C=O) groups excluding carboxylic acids is 2. The number of amides is 2. The molecule has 1 aromatic carbocycles. The number of rotatable bonds is 3. The third-order valence-electron chi connectivity index (χ3n) is 6.94. The van der Waals surface area contributed by atoms with Gasteiger partial charge in [-0.05, 0) is 83.6 Å². The van der Waals surface area contributed by atoms with Crippen molar-refractivity contribution in [3.05, 3.63) is 28.3 Å². The summed E-state index contributed by atoms with van der Waals surface area (Å²) in [5.74, 6) is -0.138. The van der Waals surface area contributed by atoms with Gasteiger partial charge in [0.25, 0.3) is 0 Å². The highest BCUT2D eigenvalue weighted by atomic mass is 32.2. The van der Waals surface area contributed by atoms with Gasteiger partial charge in [0, 0.05) is 45.2 Å². The quantitative estimate of drug-likeness (QED) is 0.644. The zero-order chi connectivity index (χ0) is 25.4. The number of nitrogens with zero attached hydrogens (tertiary/aromatic N) is 3. The minimum absolute atomic E-state index is 0.0552. The number of hydrogen-bond acceptors (Lipinski definition) is 5. The minimum atomic E-state index is -3.62. The Morgan fingerprint density at radius 3 is 1.79 bits per heavy atom. The second-order valence-electron chi connectivity index (χ2n) is 10.6. The fraction of sp³-hybridized carbons (Fsp3) is 0.680. The molecule has 0 aromatic heterocycles. The number of benzene rings is 1. The average molecular weight is 494 g/mol. The van der Waals surface area contributed by atoms with E-state index in [4.69, 9.17) is 4.74 Å². The molecule has 8 nitrogen and oxygen atoms in total. The molecule has 1 aromatic rings. The molecule has 9 heteroatoms. The van der Waals surface area contributed by atoms with Gasteiger partial charge in [-0.15, -0.1) is 0 Å². The first-order valence-electron chi connectivity index (χ1n) is 12.1. The van der Waals surface area contributed by atoms with Gasteiger partial charge in [0.1, 0.15) is 5.60 Å². The molecule has 0 saturated carbocycles. The number of aryl methyl sites for hydroxylation is 2. The van der Waals surface area contributed by atoms with E-state index in [2.05, 4.69) is 0 Å². The fourth-order valence-corrected chi connectivity index (χ4v) is 6.78. The molecule has 0 atom stereocenters. The van der Waals surface area contributed by atoms with Gasteiger partial charge in [0.05, 0.1) is 4.90 Å². The van der Waals surface area contributed by atoms with Crippen LogP contribution in [-0.4, -0.2) is 79.4 Å². The van der Waals surface area contributed by atoms with Crippen LogP contribution >= 0.6 is 0 Å². The van der Waals surface area contributed by atoms with Crippen molar-refractivity contribution in [2.45, 2.75) is 71.8 Å². The molecule has 2 saturated heterocycles. The normalized spacial score (nSPS) is 18.8. The highest BCUT2D eigenvalue weighted by Crippen LogP contribution is 2.31. The Hall–Kier alpha value is -2.13. The molecule has 0 radical (unpaired) electrons. The third kappa shape index (κ3) is 5.57. The zero-order valence-electron chi connectivity index (χ0n) is 21.6. The zero-order valence-corrected chi connectivity index (χ0v) is 22.4. The Balaban J connectivity index is 1.59. The van der Waals surface area contributed by atoms with Crippen molar-refractivity contribution in [1.29, 1.82) is 0 Å². The second-order valence-corrected chi connectivity index (χ2v) is 12.4. The molecule has 0 bridgehead atoms. The van der Waals surface area contributed by atoms with Crippen LogP contribution < -0.4 is 0 Å². The number of sulfonamides is 1. The molecular formula is C25H39N3O5S. The van der Waals surface area contributed by atoms with Crippen molar-refractivity contribution in [3.63, 3.8) is 0 Å². The maximum absolute atomic E-state index is 13.5. The maximum Gasteiger partial charge on any atom is 0.410 e. The molecule has 0 unspecified atom stereocenters. The van der Waals surface area contributed by atoms with Crippen molar-refractivity contribution in [2.24, 2.45) is 5.92 Å². The standard InChI is InChI=1S/C25H39N3O5S/c1-17-16-18(2)20(4)22(19(17)3)34(31,32)28-10-8-21(9-11-28)23(29)26-12-14-27(15-13-26)24(30)33-25(5,6)7/h16,21H,8-15H2,1-7H3. The summed E-state index contributed by atoms with van der Waals surface area (Å²) in [5.41, 5.74) is 2.98. The number of hydrogen-bond donors (Lipinski definition) is 0. The fourth-order valence-electron chi connectivity index (χ4n) is 4.73. The topological polar surface area (TPSA) is 87.2 Å². The molecule has 3 rings (SSSR count). The van der Waals surface area contributed by atoms with E-state index in [1.165, 1.54) is 4.31 Å². The average Bonchev–Trinajstić information content (AvgIpc) is 2.76. The number of carbonyl (C=O) groups is 2. The van der Waals surface area contributed by atoms with Crippen LogP contribution in [0.2, 0.25) is 0 Å². The third-order valence-corrected chi connectivity index (χ3v) is 9.11. The molecule has 0 aliphatic carbocycles. The van der Waals surface area contributed by atoms with E-state index in [-0.39, 0.29) is 17.9 Å². The highest BCUT2D eigenvalue weighted by molar-refractivity contribution is 7.89. The van der Waals surface area contributed by atoms with E-state index < -0.39 is 15.6 Å². The summed E-state index contributed by atoms with van der Waals surface area (Å²) in [6, 6.07) is 2.02. The number of piperidine rings is 1. The van der Waals surface area contributed by atoms with Crippen molar-refractivity contribution < 1.29 is 22.7 Å². The summed E-state index contributed by atoms with van der Waals surface area (Å²) in [5, 5.41) is 0. The SMILES string of the molecule is Cc1cc(C)c(C)c(S(=O)(=O)N2CCC(C(=O)N3CCN(C(=O)OC(C)(C)C)CC3)CC2)c1C. The molecule has 2 aliphatic heterocycles. The van der Waals surface area contributed by atoms with Crippen LogP contribution in [0, 0.1) is 33.6 Å². The van der Waals surface area contributed by atoms with E-state index >= 15 is 0 Å². The Morgan fingerprint density at radius 2 is 1.32 bits per heavy atom. The predicted octanol–water partition coefficient (Wildman–Crippen LogP) is 3.40. The van der Waals surface area contributed by atoms with Crippen molar-refractivity contribution in [3.8, 4) is 0 Å². The van der Waals surface area contributed by atoms with Crippen LogP contribution in [0.15, 0.2) is 11.0 Å². The van der Waals surface area contributed by atoms with E-state index in [1.807, 2.05) is 54.5 Å². The largest absolute Gasteiger partial charge is 0.444 e. The maximum atomic E-state index is 13.5. The Kier molecular flexibility index (Phi) is 7.67. The molecule has 2 fully saturated rings. The first kappa shape index (κ1) is 26.5. The van der Waals surface area contributed by atoms with Crippen LogP contribution in [0.25, 0.3) is 0 Å². The van der Waals surface area contributed by atoms with Gasteiger partial charge in [-0.3, -0.25) is 4.79 Å². The molecular weight excluding hydrogens is 454 g/mol. The predicted molar refractivity (Wildman–Crippen MR) is 131 cm³/mol. The lowest BCUT2D eigenvalue weighted by molar-refractivity contribution is -0.138. The molecule has 2 heterocycles. The molecule has 0 N–H and O–H groups in total. The van der Waals surface area contributed by atoms with E-state index in [1.54, 1.807) is 9.80 Å². The molecule has 190 valence electrons. The Bertz CT molecular complexity index is 1020. The Morgan fingerprint density at radius 1 is 0.853 bits per heavy atom.